The first-order valence-corrected chi connectivity index (χ1v) is 3.40. The van der Waals surface area contributed by atoms with E-state index in [0.717, 1.165) is 19.6 Å². The van der Waals surface area contributed by atoms with Gasteiger partial charge in [-0.25, -0.2) is 0 Å². The molecular weight excluding hydrogens is 116 g/mol. The van der Waals surface area contributed by atoms with Crippen LogP contribution in [0.15, 0.2) is 0 Å². The van der Waals surface area contributed by atoms with Crippen molar-refractivity contribution in [2.24, 2.45) is 5.73 Å². The standard InChI is InChI=1S/C6H16N2O/c1-2-5-9-6-8-4-3-7/h8H,2-7H2,1H3. The molecule has 9 heavy (non-hydrogen) atoms. The van der Waals surface area contributed by atoms with Crippen LogP contribution >= 0.6 is 0 Å². The van der Waals surface area contributed by atoms with Crippen LogP contribution in [0.4, 0.5) is 0 Å². The molecule has 0 fully saturated rings. The Kier molecular flexibility index (Phi) is 7.77. The third kappa shape index (κ3) is 7.88. The Balaban J connectivity index is 2.60. The molecule has 3 nitrogen and oxygen atoms in total. The summed E-state index contributed by atoms with van der Waals surface area (Å²) >= 11 is 0. The van der Waals surface area contributed by atoms with Crippen LogP contribution in [0.1, 0.15) is 13.3 Å². The highest BCUT2D eigenvalue weighted by molar-refractivity contribution is 4.38. The van der Waals surface area contributed by atoms with Gasteiger partial charge in [0.25, 0.3) is 0 Å². The van der Waals surface area contributed by atoms with E-state index in [-0.39, 0.29) is 0 Å². The van der Waals surface area contributed by atoms with Crippen molar-refractivity contribution in [2.75, 3.05) is 26.4 Å². The third-order valence-corrected chi connectivity index (χ3v) is 0.874. The summed E-state index contributed by atoms with van der Waals surface area (Å²) in [6.45, 7) is 5.06. The highest BCUT2D eigenvalue weighted by atomic mass is 16.5. The summed E-state index contributed by atoms with van der Waals surface area (Å²) in [7, 11) is 0. The first-order chi connectivity index (χ1) is 4.41. The molecule has 0 aliphatic rings. The van der Waals surface area contributed by atoms with E-state index < -0.39 is 0 Å². The van der Waals surface area contributed by atoms with E-state index in [1.807, 2.05) is 0 Å². The fourth-order valence-electron chi connectivity index (χ4n) is 0.463. The molecule has 0 bridgehead atoms. The summed E-state index contributed by atoms with van der Waals surface area (Å²) in [5.74, 6) is 0. The molecule has 0 spiro atoms. The molecule has 0 aliphatic carbocycles. The number of nitrogens with two attached hydrogens (primary N) is 1. The van der Waals surface area contributed by atoms with Crippen LogP contribution in [0.3, 0.4) is 0 Å². The predicted octanol–water partition coefficient (Wildman–Crippen LogP) is -0.0812. The van der Waals surface area contributed by atoms with Gasteiger partial charge in [0.15, 0.2) is 0 Å². The molecule has 0 aromatic rings. The normalized spacial score (nSPS) is 10.0. The summed E-state index contributed by atoms with van der Waals surface area (Å²) < 4.78 is 5.12. The van der Waals surface area contributed by atoms with Crippen LogP contribution < -0.4 is 11.1 Å². The van der Waals surface area contributed by atoms with Gasteiger partial charge < -0.3 is 10.5 Å². The van der Waals surface area contributed by atoms with Crippen molar-refractivity contribution in [2.45, 2.75) is 13.3 Å². The molecule has 3 N–H and O–H groups in total. The minimum Gasteiger partial charge on any atom is -0.366 e. The second-order valence-corrected chi connectivity index (χ2v) is 1.84. The first kappa shape index (κ1) is 8.88. The maximum absolute atomic E-state index is 5.23. The SMILES string of the molecule is CCCOCNCCN. The van der Waals surface area contributed by atoms with Gasteiger partial charge in [0.05, 0.1) is 6.73 Å². The Morgan fingerprint density at radius 1 is 1.56 bits per heavy atom. The monoisotopic (exact) mass is 132 g/mol. The lowest BCUT2D eigenvalue weighted by Crippen LogP contribution is -2.24. The van der Waals surface area contributed by atoms with E-state index in [1.54, 1.807) is 0 Å². The summed E-state index contributed by atoms with van der Waals surface area (Å²) in [5, 5.41) is 3.02. The second-order valence-electron chi connectivity index (χ2n) is 1.84. The Hall–Kier alpha value is -0.120. The van der Waals surface area contributed by atoms with Gasteiger partial charge in [-0.2, -0.15) is 0 Å². The van der Waals surface area contributed by atoms with E-state index in [9.17, 15) is 0 Å². The average Bonchev–Trinajstić information content (AvgIpc) is 1.89. The van der Waals surface area contributed by atoms with Crippen LogP contribution in [-0.4, -0.2) is 26.4 Å². The van der Waals surface area contributed by atoms with Gasteiger partial charge in [0.2, 0.25) is 0 Å². The summed E-state index contributed by atoms with van der Waals surface area (Å²) in [5.41, 5.74) is 5.23. The second kappa shape index (κ2) is 7.88. The molecule has 0 heterocycles. The number of hydrogen-bond acceptors (Lipinski definition) is 3. The summed E-state index contributed by atoms with van der Waals surface area (Å²) in [4.78, 5) is 0. The number of nitrogens with one attached hydrogen (secondary N) is 1. The topological polar surface area (TPSA) is 47.3 Å². The lowest BCUT2D eigenvalue weighted by atomic mass is 10.5. The van der Waals surface area contributed by atoms with Crippen molar-refractivity contribution >= 4 is 0 Å². The van der Waals surface area contributed by atoms with Crippen molar-refractivity contribution in [3.05, 3.63) is 0 Å². The molecule has 0 atom stereocenters. The van der Waals surface area contributed by atoms with E-state index in [0.29, 0.717) is 13.3 Å². The van der Waals surface area contributed by atoms with E-state index in [1.165, 1.54) is 0 Å². The summed E-state index contributed by atoms with van der Waals surface area (Å²) in [6.07, 6.45) is 1.07. The minimum absolute atomic E-state index is 0.630. The predicted molar refractivity (Wildman–Crippen MR) is 38.2 cm³/mol. The van der Waals surface area contributed by atoms with Crippen LogP contribution in [0.25, 0.3) is 0 Å². The van der Waals surface area contributed by atoms with Crippen LogP contribution in [0.2, 0.25) is 0 Å². The lowest BCUT2D eigenvalue weighted by Gasteiger charge is -2.01. The van der Waals surface area contributed by atoms with Crippen molar-refractivity contribution in [1.29, 1.82) is 0 Å². The molecule has 0 amide bonds. The maximum atomic E-state index is 5.23. The molecule has 56 valence electrons. The van der Waals surface area contributed by atoms with E-state index in [4.69, 9.17) is 10.5 Å². The Labute approximate surface area is 56.6 Å². The largest absolute Gasteiger partial charge is 0.366 e. The fourth-order valence-corrected chi connectivity index (χ4v) is 0.463. The molecule has 0 radical (unpaired) electrons. The molecular formula is C6H16N2O. The zero-order valence-corrected chi connectivity index (χ0v) is 6.02. The van der Waals surface area contributed by atoms with Gasteiger partial charge >= 0.3 is 0 Å². The first-order valence-electron chi connectivity index (χ1n) is 3.40. The average molecular weight is 132 g/mol. The van der Waals surface area contributed by atoms with E-state index in [2.05, 4.69) is 12.2 Å². The van der Waals surface area contributed by atoms with Gasteiger partial charge in [0, 0.05) is 19.7 Å². The highest BCUT2D eigenvalue weighted by Crippen LogP contribution is 1.75. The zero-order valence-electron chi connectivity index (χ0n) is 6.02. The van der Waals surface area contributed by atoms with Gasteiger partial charge in [-0.3, -0.25) is 5.32 Å². The van der Waals surface area contributed by atoms with Crippen molar-refractivity contribution in [1.82, 2.24) is 5.32 Å². The molecule has 0 aromatic heterocycles. The molecule has 0 rings (SSSR count). The van der Waals surface area contributed by atoms with Crippen LogP contribution in [0.5, 0.6) is 0 Å². The van der Waals surface area contributed by atoms with Gasteiger partial charge in [-0.15, -0.1) is 0 Å². The molecule has 0 unspecified atom stereocenters. The highest BCUT2D eigenvalue weighted by Gasteiger charge is 1.82. The Morgan fingerprint density at radius 2 is 2.33 bits per heavy atom. The molecule has 0 aromatic carbocycles. The number of ether oxygens (including phenoxy) is 1. The van der Waals surface area contributed by atoms with Crippen LogP contribution in [0, 0.1) is 0 Å². The Bertz CT molecular complexity index is 44.3. The molecule has 0 saturated heterocycles. The van der Waals surface area contributed by atoms with Gasteiger partial charge in [-0.1, -0.05) is 6.92 Å². The molecule has 0 aliphatic heterocycles. The third-order valence-electron chi connectivity index (χ3n) is 0.874. The van der Waals surface area contributed by atoms with Crippen molar-refractivity contribution in [3.63, 3.8) is 0 Å². The number of hydrogen-bond donors (Lipinski definition) is 2. The van der Waals surface area contributed by atoms with Gasteiger partial charge in [0.1, 0.15) is 0 Å². The summed E-state index contributed by atoms with van der Waals surface area (Å²) in [6, 6.07) is 0. The van der Waals surface area contributed by atoms with Gasteiger partial charge in [-0.05, 0) is 6.42 Å². The van der Waals surface area contributed by atoms with Crippen LogP contribution in [-0.2, 0) is 4.74 Å². The minimum atomic E-state index is 0.630. The molecule has 3 heteroatoms. The Morgan fingerprint density at radius 3 is 2.89 bits per heavy atom. The maximum Gasteiger partial charge on any atom is 0.0965 e. The quantitative estimate of drug-likeness (QED) is 0.392. The van der Waals surface area contributed by atoms with Crippen molar-refractivity contribution < 1.29 is 4.74 Å². The fraction of sp³-hybridized carbons (Fsp3) is 1.00. The molecule has 0 saturated carbocycles. The zero-order chi connectivity index (χ0) is 6.95. The van der Waals surface area contributed by atoms with E-state index >= 15 is 0 Å². The smallest absolute Gasteiger partial charge is 0.0965 e. The lowest BCUT2D eigenvalue weighted by molar-refractivity contribution is 0.118. The van der Waals surface area contributed by atoms with Crippen molar-refractivity contribution in [3.8, 4) is 0 Å². The number of rotatable bonds is 6.